The fourth-order valence-corrected chi connectivity index (χ4v) is 1.96. The molecule has 4 N–H and O–H groups in total. The molecular weight excluding hydrogens is 252 g/mol. The van der Waals surface area contributed by atoms with Gasteiger partial charge in [0, 0.05) is 7.11 Å². The molecule has 0 saturated carbocycles. The first-order chi connectivity index (χ1) is 9.17. The van der Waals surface area contributed by atoms with E-state index in [0.717, 1.165) is 0 Å². The average molecular weight is 270 g/mol. The van der Waals surface area contributed by atoms with Crippen molar-refractivity contribution in [2.75, 3.05) is 25.6 Å². The van der Waals surface area contributed by atoms with Crippen LogP contribution in [0.4, 0.5) is 5.82 Å². The van der Waals surface area contributed by atoms with Crippen LogP contribution in [0.15, 0.2) is 11.3 Å². The van der Waals surface area contributed by atoms with E-state index in [1.54, 1.807) is 4.57 Å². The van der Waals surface area contributed by atoms with Gasteiger partial charge in [0.25, 0.3) is 0 Å². The first kappa shape index (κ1) is 13.9. The van der Waals surface area contributed by atoms with Gasteiger partial charge in [0.05, 0.1) is 32.4 Å². The second-order valence-corrected chi connectivity index (χ2v) is 4.31. The van der Waals surface area contributed by atoms with Crippen LogP contribution in [0.3, 0.4) is 0 Å². The summed E-state index contributed by atoms with van der Waals surface area (Å²) in [5, 5.41) is 31.8. The Hall–Kier alpha value is -1.48. The molecule has 0 fully saturated rings. The standard InChI is InChI=1S/C11H18N4O4/c1-19-9(4-16)8(18)3-15-6-14-10-7(17)2-12-5-13-11(10)15/h5-9,16-18H,2-4H2,1H3,(H,12,13)/t7-,8+,9-/m1/s1. The van der Waals surface area contributed by atoms with E-state index in [2.05, 4.69) is 15.3 Å². The Kier molecular flexibility index (Phi) is 4.48. The van der Waals surface area contributed by atoms with Crippen LogP contribution >= 0.6 is 0 Å². The number of aliphatic hydroxyl groups is 3. The van der Waals surface area contributed by atoms with Gasteiger partial charge in [0.2, 0.25) is 0 Å². The lowest BCUT2D eigenvalue weighted by atomic mass is 10.2. The van der Waals surface area contributed by atoms with Crippen molar-refractivity contribution in [2.45, 2.75) is 24.9 Å². The largest absolute Gasteiger partial charge is 0.394 e. The van der Waals surface area contributed by atoms with E-state index >= 15 is 0 Å². The molecule has 0 bridgehead atoms. The van der Waals surface area contributed by atoms with E-state index in [-0.39, 0.29) is 19.7 Å². The summed E-state index contributed by atoms with van der Waals surface area (Å²) in [6.45, 7) is 0.165. The predicted octanol–water partition coefficient (Wildman–Crippen LogP) is -1.26. The molecule has 8 nitrogen and oxygen atoms in total. The van der Waals surface area contributed by atoms with Crippen molar-refractivity contribution < 1.29 is 20.1 Å². The number of methoxy groups -OCH3 is 1. The van der Waals surface area contributed by atoms with Crippen LogP contribution in [0, 0.1) is 0 Å². The summed E-state index contributed by atoms with van der Waals surface area (Å²) in [6.07, 6.45) is 0.692. The molecule has 2 heterocycles. The van der Waals surface area contributed by atoms with Crippen LogP contribution in [0.1, 0.15) is 11.8 Å². The number of rotatable bonds is 5. The third-order valence-corrected chi connectivity index (χ3v) is 3.05. The van der Waals surface area contributed by atoms with Crippen molar-refractivity contribution >= 4 is 12.2 Å². The fourth-order valence-electron chi connectivity index (χ4n) is 1.96. The number of imidazole rings is 1. The first-order valence-electron chi connectivity index (χ1n) is 5.97. The van der Waals surface area contributed by atoms with E-state index < -0.39 is 18.3 Å². The van der Waals surface area contributed by atoms with Gasteiger partial charge in [-0.25, -0.2) is 4.98 Å². The highest BCUT2D eigenvalue weighted by molar-refractivity contribution is 5.76. The summed E-state index contributed by atoms with van der Waals surface area (Å²) in [5.41, 5.74) is 0.489. The summed E-state index contributed by atoms with van der Waals surface area (Å²) < 4.78 is 6.63. The molecule has 8 heteroatoms. The highest BCUT2D eigenvalue weighted by Gasteiger charge is 2.23. The summed E-state index contributed by atoms with van der Waals surface area (Å²) in [5.74, 6) is 0.584. The monoisotopic (exact) mass is 270 g/mol. The molecule has 2 rings (SSSR count). The lowest BCUT2D eigenvalue weighted by molar-refractivity contribution is -0.0469. The summed E-state index contributed by atoms with van der Waals surface area (Å²) in [6, 6.07) is 0. The molecule has 0 radical (unpaired) electrons. The number of hydrogen-bond acceptors (Lipinski definition) is 7. The number of anilines is 1. The number of fused-ring (bicyclic) bond motifs is 1. The Labute approximate surface area is 110 Å². The Bertz CT molecular complexity index is 444. The number of nitrogens with zero attached hydrogens (tertiary/aromatic N) is 3. The van der Waals surface area contributed by atoms with Gasteiger partial charge in [-0.15, -0.1) is 0 Å². The van der Waals surface area contributed by atoms with Gasteiger partial charge >= 0.3 is 0 Å². The number of hydrogen-bond donors (Lipinski definition) is 4. The number of nitrogens with one attached hydrogen (secondary N) is 1. The number of aliphatic imine (C=N–C) groups is 1. The molecule has 1 aliphatic heterocycles. The normalized spacial score (nSPS) is 21.4. The molecule has 0 amide bonds. The highest BCUT2D eigenvalue weighted by atomic mass is 16.5. The summed E-state index contributed by atoms with van der Waals surface area (Å²) in [4.78, 5) is 8.08. The highest BCUT2D eigenvalue weighted by Crippen LogP contribution is 2.24. The molecule has 0 spiro atoms. The minimum atomic E-state index is -0.882. The van der Waals surface area contributed by atoms with Gasteiger partial charge < -0.3 is 29.9 Å². The van der Waals surface area contributed by atoms with Gasteiger partial charge in [-0.1, -0.05) is 0 Å². The van der Waals surface area contributed by atoms with E-state index in [1.165, 1.54) is 19.8 Å². The maximum atomic E-state index is 9.96. The number of aliphatic hydroxyl groups excluding tert-OH is 3. The van der Waals surface area contributed by atoms with Crippen molar-refractivity contribution in [2.24, 2.45) is 4.99 Å². The molecule has 0 unspecified atom stereocenters. The average Bonchev–Trinajstić information content (AvgIpc) is 2.69. The quantitative estimate of drug-likeness (QED) is 0.531. The molecule has 3 atom stereocenters. The smallest absolute Gasteiger partial charge is 0.137 e. The van der Waals surface area contributed by atoms with Crippen LogP contribution in [-0.4, -0.2) is 63.7 Å². The van der Waals surface area contributed by atoms with Crippen molar-refractivity contribution in [1.29, 1.82) is 0 Å². The zero-order chi connectivity index (χ0) is 13.8. The van der Waals surface area contributed by atoms with Crippen molar-refractivity contribution in [3.63, 3.8) is 0 Å². The van der Waals surface area contributed by atoms with Crippen LogP contribution < -0.4 is 5.32 Å². The minimum Gasteiger partial charge on any atom is -0.394 e. The van der Waals surface area contributed by atoms with Gasteiger partial charge in [-0.3, -0.25) is 4.99 Å². The topological polar surface area (TPSA) is 112 Å². The van der Waals surface area contributed by atoms with Crippen LogP contribution in [0.2, 0.25) is 0 Å². The van der Waals surface area contributed by atoms with Crippen LogP contribution in [0.25, 0.3) is 0 Å². The lowest BCUT2D eigenvalue weighted by Crippen LogP contribution is -2.35. The van der Waals surface area contributed by atoms with Gasteiger partial charge in [0.1, 0.15) is 29.8 Å². The van der Waals surface area contributed by atoms with Crippen LogP contribution in [-0.2, 0) is 11.3 Å². The maximum absolute atomic E-state index is 9.96. The SMILES string of the molecule is CO[C@H](CO)[C@@H](O)Cn1cnc2c1NC=NC[C@H]2O. The second-order valence-electron chi connectivity index (χ2n) is 4.31. The molecule has 1 aliphatic rings. The summed E-state index contributed by atoms with van der Waals surface area (Å²) in [7, 11) is 1.42. The molecule has 0 saturated heterocycles. The molecule has 0 aliphatic carbocycles. The lowest BCUT2D eigenvalue weighted by Gasteiger charge is -2.20. The molecule has 19 heavy (non-hydrogen) atoms. The third kappa shape index (κ3) is 2.92. The minimum absolute atomic E-state index is 0.189. The summed E-state index contributed by atoms with van der Waals surface area (Å²) >= 11 is 0. The predicted molar refractivity (Wildman–Crippen MR) is 68.1 cm³/mol. The first-order valence-corrected chi connectivity index (χ1v) is 5.97. The van der Waals surface area contributed by atoms with E-state index in [9.17, 15) is 10.2 Å². The Morgan fingerprint density at radius 1 is 1.63 bits per heavy atom. The zero-order valence-electron chi connectivity index (χ0n) is 10.6. The van der Waals surface area contributed by atoms with Gasteiger partial charge in [0.15, 0.2) is 0 Å². The molecule has 1 aromatic heterocycles. The molecular formula is C11H18N4O4. The van der Waals surface area contributed by atoms with Gasteiger partial charge in [-0.2, -0.15) is 0 Å². The van der Waals surface area contributed by atoms with E-state index in [1.807, 2.05) is 0 Å². The van der Waals surface area contributed by atoms with Crippen LogP contribution in [0.5, 0.6) is 0 Å². The fraction of sp³-hybridized carbons (Fsp3) is 0.636. The number of aromatic nitrogens is 2. The maximum Gasteiger partial charge on any atom is 0.137 e. The van der Waals surface area contributed by atoms with Crippen molar-refractivity contribution in [1.82, 2.24) is 9.55 Å². The Morgan fingerprint density at radius 2 is 2.42 bits per heavy atom. The molecule has 1 aromatic rings. The second kappa shape index (κ2) is 6.11. The van der Waals surface area contributed by atoms with E-state index in [4.69, 9.17) is 9.84 Å². The Morgan fingerprint density at radius 3 is 3.11 bits per heavy atom. The third-order valence-electron chi connectivity index (χ3n) is 3.05. The molecule has 106 valence electrons. The zero-order valence-corrected chi connectivity index (χ0v) is 10.6. The molecule has 0 aromatic carbocycles. The van der Waals surface area contributed by atoms with Crippen molar-refractivity contribution in [3.8, 4) is 0 Å². The van der Waals surface area contributed by atoms with Gasteiger partial charge in [-0.05, 0) is 0 Å². The van der Waals surface area contributed by atoms with Crippen molar-refractivity contribution in [3.05, 3.63) is 12.0 Å². The van der Waals surface area contributed by atoms with E-state index in [0.29, 0.717) is 11.5 Å². The number of ether oxygens (including phenoxy) is 1. The Balaban J connectivity index is 2.16.